The zero-order valence-corrected chi connectivity index (χ0v) is 21.4. The van der Waals surface area contributed by atoms with E-state index in [1.165, 1.54) is 24.1 Å². The van der Waals surface area contributed by atoms with Crippen LogP contribution in [0.25, 0.3) is 0 Å². The van der Waals surface area contributed by atoms with Crippen LogP contribution in [0.5, 0.6) is 0 Å². The fraction of sp³-hybridized carbons (Fsp3) is 0.400. The van der Waals surface area contributed by atoms with Gasteiger partial charge in [-0.05, 0) is 68.1 Å². The van der Waals surface area contributed by atoms with E-state index in [1.54, 1.807) is 28.0 Å². The minimum atomic E-state index is -0.823. The number of carbonyl (C=O) groups is 3. The number of benzene rings is 2. The van der Waals surface area contributed by atoms with Crippen LogP contribution in [0.2, 0.25) is 5.02 Å². The van der Waals surface area contributed by atoms with Gasteiger partial charge in [-0.2, -0.15) is 0 Å². The SMILES string of the molecule is Cc1ccc(F)cc1SN1CC(NC=O)C(=O)N2C(Cc3ccc(Cl)cc3)C(=O)N(C(C)C)CC12. The first-order valence-corrected chi connectivity index (χ1v) is 12.6. The zero-order chi connectivity index (χ0) is 25.3. The predicted octanol–water partition coefficient (Wildman–Crippen LogP) is 3.24. The second kappa shape index (κ2) is 10.6. The minimum absolute atomic E-state index is 0.0685. The van der Waals surface area contributed by atoms with Crippen LogP contribution in [-0.4, -0.2) is 69.7 Å². The second-order valence-electron chi connectivity index (χ2n) is 9.09. The molecule has 0 aliphatic carbocycles. The quantitative estimate of drug-likeness (QED) is 0.450. The third-order valence-corrected chi connectivity index (χ3v) is 7.95. The molecule has 0 spiro atoms. The molecule has 7 nitrogen and oxygen atoms in total. The summed E-state index contributed by atoms with van der Waals surface area (Å²) in [5, 5.41) is 3.19. The minimum Gasteiger partial charge on any atom is -0.346 e. The van der Waals surface area contributed by atoms with E-state index in [0.29, 0.717) is 29.3 Å². The Balaban J connectivity index is 1.74. The van der Waals surface area contributed by atoms with Gasteiger partial charge in [0.15, 0.2) is 0 Å². The van der Waals surface area contributed by atoms with Crippen molar-refractivity contribution in [1.82, 2.24) is 19.4 Å². The second-order valence-corrected chi connectivity index (χ2v) is 10.6. The molecule has 0 radical (unpaired) electrons. The summed E-state index contributed by atoms with van der Waals surface area (Å²) in [4.78, 5) is 42.6. The van der Waals surface area contributed by atoms with Crippen LogP contribution in [0.3, 0.4) is 0 Å². The van der Waals surface area contributed by atoms with Gasteiger partial charge in [-0.3, -0.25) is 14.4 Å². The van der Waals surface area contributed by atoms with E-state index in [9.17, 15) is 18.8 Å². The van der Waals surface area contributed by atoms with Gasteiger partial charge in [-0.15, -0.1) is 0 Å². The Morgan fingerprint density at radius 3 is 2.51 bits per heavy atom. The first kappa shape index (κ1) is 25.5. The molecule has 3 atom stereocenters. The average Bonchev–Trinajstić information content (AvgIpc) is 2.81. The summed E-state index contributed by atoms with van der Waals surface area (Å²) in [5.41, 5.74) is 1.76. The first-order valence-electron chi connectivity index (χ1n) is 11.5. The number of amides is 3. The summed E-state index contributed by atoms with van der Waals surface area (Å²) in [6.07, 6.45) is 0.365. The summed E-state index contributed by atoms with van der Waals surface area (Å²) in [7, 11) is 0. The number of nitrogens with one attached hydrogen (secondary N) is 1. The largest absolute Gasteiger partial charge is 0.346 e. The average molecular weight is 519 g/mol. The molecular formula is C25H28ClFN4O3S. The molecule has 3 unspecified atom stereocenters. The van der Waals surface area contributed by atoms with Crippen LogP contribution < -0.4 is 5.32 Å². The summed E-state index contributed by atoms with van der Waals surface area (Å²) in [5.74, 6) is -0.794. The van der Waals surface area contributed by atoms with Crippen LogP contribution in [0.15, 0.2) is 47.4 Å². The van der Waals surface area contributed by atoms with Crippen molar-refractivity contribution in [2.24, 2.45) is 0 Å². The van der Waals surface area contributed by atoms with Gasteiger partial charge in [-0.1, -0.05) is 29.8 Å². The molecule has 3 amide bonds. The van der Waals surface area contributed by atoms with E-state index in [1.807, 2.05) is 37.2 Å². The van der Waals surface area contributed by atoms with Gasteiger partial charge in [0, 0.05) is 28.9 Å². The summed E-state index contributed by atoms with van der Waals surface area (Å²) < 4.78 is 16.0. The van der Waals surface area contributed by atoms with Gasteiger partial charge in [0.25, 0.3) is 0 Å². The smallest absolute Gasteiger partial charge is 0.248 e. The number of carbonyl (C=O) groups excluding carboxylic acids is 3. The van der Waals surface area contributed by atoms with Crippen LogP contribution in [0.1, 0.15) is 25.0 Å². The Labute approximate surface area is 213 Å². The Hall–Kier alpha value is -2.62. The van der Waals surface area contributed by atoms with Gasteiger partial charge in [0.05, 0.1) is 6.54 Å². The molecule has 2 aromatic rings. The third kappa shape index (κ3) is 5.32. The molecule has 2 aliphatic heterocycles. The number of nitrogens with zero attached hydrogens (tertiary/aromatic N) is 3. The van der Waals surface area contributed by atoms with Crippen molar-refractivity contribution in [2.45, 2.75) is 56.4 Å². The molecule has 186 valence electrons. The molecule has 2 aliphatic rings. The molecular weight excluding hydrogens is 491 g/mol. The number of halogens is 2. The molecule has 2 aromatic carbocycles. The van der Waals surface area contributed by atoms with Crippen molar-refractivity contribution in [3.05, 3.63) is 64.4 Å². The maximum absolute atomic E-state index is 14.0. The number of piperazine rings is 1. The topological polar surface area (TPSA) is 73.0 Å². The van der Waals surface area contributed by atoms with E-state index < -0.39 is 18.2 Å². The lowest BCUT2D eigenvalue weighted by Gasteiger charge is -2.54. The monoisotopic (exact) mass is 518 g/mol. The first-order chi connectivity index (χ1) is 16.7. The standard InChI is InChI=1S/C25H28ClFN4O3S/c1-15(2)29-13-23-30(35-22-11-19(27)9-4-16(22)3)12-20(28-14-32)24(33)31(23)21(25(29)34)10-17-5-7-18(26)8-6-17/h4-9,11,14-15,20-21,23H,10,12-13H2,1-3H3,(H,28,32). The summed E-state index contributed by atoms with van der Waals surface area (Å²) >= 11 is 7.37. The molecule has 0 saturated carbocycles. The van der Waals surface area contributed by atoms with Crippen molar-refractivity contribution in [3.8, 4) is 0 Å². The van der Waals surface area contributed by atoms with Crippen LogP contribution in [0, 0.1) is 12.7 Å². The highest BCUT2D eigenvalue weighted by atomic mass is 35.5. The molecule has 35 heavy (non-hydrogen) atoms. The highest BCUT2D eigenvalue weighted by molar-refractivity contribution is 7.97. The zero-order valence-electron chi connectivity index (χ0n) is 19.8. The molecule has 2 saturated heterocycles. The van der Waals surface area contributed by atoms with Crippen molar-refractivity contribution in [3.63, 3.8) is 0 Å². The Morgan fingerprint density at radius 1 is 1.14 bits per heavy atom. The molecule has 4 rings (SSSR count). The lowest BCUT2D eigenvalue weighted by atomic mass is 9.96. The van der Waals surface area contributed by atoms with Crippen molar-refractivity contribution in [1.29, 1.82) is 0 Å². The van der Waals surface area contributed by atoms with Gasteiger partial charge in [0.1, 0.15) is 24.1 Å². The molecule has 0 bridgehead atoms. The van der Waals surface area contributed by atoms with Gasteiger partial charge in [-0.25, -0.2) is 8.70 Å². The van der Waals surface area contributed by atoms with Gasteiger partial charge < -0.3 is 15.1 Å². The summed E-state index contributed by atoms with van der Waals surface area (Å²) in [6, 6.07) is 10.1. The normalized spacial score (nSPS) is 23.0. The molecule has 1 N–H and O–H groups in total. The highest BCUT2D eigenvalue weighted by Crippen LogP contribution is 2.36. The maximum atomic E-state index is 14.0. The lowest BCUT2D eigenvalue weighted by molar-refractivity contribution is -0.168. The van der Waals surface area contributed by atoms with E-state index >= 15 is 0 Å². The number of aryl methyl sites for hydroxylation is 1. The van der Waals surface area contributed by atoms with Crippen molar-refractivity contribution < 1.29 is 18.8 Å². The van der Waals surface area contributed by atoms with E-state index in [-0.39, 0.29) is 30.2 Å². The number of fused-ring (bicyclic) bond motifs is 1. The van der Waals surface area contributed by atoms with Gasteiger partial charge >= 0.3 is 0 Å². The van der Waals surface area contributed by atoms with Gasteiger partial charge in [0.2, 0.25) is 18.2 Å². The predicted molar refractivity (Wildman–Crippen MR) is 133 cm³/mol. The highest BCUT2D eigenvalue weighted by Gasteiger charge is 2.51. The molecule has 2 fully saturated rings. The molecule has 2 heterocycles. The number of hydrogen-bond donors (Lipinski definition) is 1. The summed E-state index contributed by atoms with van der Waals surface area (Å²) in [6.45, 7) is 6.33. The Morgan fingerprint density at radius 2 is 1.86 bits per heavy atom. The Bertz CT molecular complexity index is 1120. The fourth-order valence-corrected chi connectivity index (χ4v) is 5.83. The van der Waals surface area contributed by atoms with Crippen LogP contribution in [0.4, 0.5) is 4.39 Å². The van der Waals surface area contributed by atoms with Crippen LogP contribution >= 0.6 is 23.5 Å². The number of rotatable bonds is 7. The third-order valence-electron chi connectivity index (χ3n) is 6.43. The van der Waals surface area contributed by atoms with Crippen molar-refractivity contribution >= 4 is 41.8 Å². The molecule has 0 aromatic heterocycles. The van der Waals surface area contributed by atoms with E-state index in [0.717, 1.165) is 11.1 Å². The lowest BCUT2D eigenvalue weighted by Crippen LogP contribution is -2.74. The fourth-order valence-electron chi connectivity index (χ4n) is 4.56. The van der Waals surface area contributed by atoms with E-state index in [2.05, 4.69) is 5.32 Å². The van der Waals surface area contributed by atoms with E-state index in [4.69, 9.17) is 11.6 Å². The molecule has 10 heteroatoms. The van der Waals surface area contributed by atoms with Crippen molar-refractivity contribution in [2.75, 3.05) is 13.1 Å². The maximum Gasteiger partial charge on any atom is 0.248 e. The number of hydrogen-bond acceptors (Lipinski definition) is 5. The van der Waals surface area contributed by atoms with Crippen LogP contribution in [-0.2, 0) is 20.8 Å². The Kier molecular flexibility index (Phi) is 7.68.